The highest BCUT2D eigenvalue weighted by Gasteiger charge is 2.02. The van der Waals surface area contributed by atoms with Gasteiger partial charge in [0.05, 0.1) is 0 Å². The molecule has 5 nitrogen and oxygen atoms in total. The lowest BCUT2D eigenvalue weighted by atomic mass is 10.2. The molecule has 0 aromatic heterocycles. The fourth-order valence-electron chi connectivity index (χ4n) is 1.89. The Morgan fingerprint density at radius 3 is 2.86 bits per heavy atom. The highest BCUT2D eigenvalue weighted by atomic mass is 16.5. The largest absolute Gasteiger partial charge is 0.492 e. The Labute approximate surface area is 125 Å². The van der Waals surface area contributed by atoms with Crippen LogP contribution in [0.2, 0.25) is 0 Å². The van der Waals surface area contributed by atoms with Crippen molar-refractivity contribution in [3.63, 3.8) is 0 Å². The van der Waals surface area contributed by atoms with Crippen LogP contribution in [0.5, 0.6) is 5.75 Å². The van der Waals surface area contributed by atoms with Crippen LogP contribution in [0, 0.1) is 0 Å². The van der Waals surface area contributed by atoms with Crippen molar-refractivity contribution < 1.29 is 19.7 Å². The van der Waals surface area contributed by atoms with E-state index >= 15 is 0 Å². The van der Waals surface area contributed by atoms with Crippen molar-refractivity contribution in [1.29, 1.82) is 0 Å². The third-order valence-electron chi connectivity index (χ3n) is 3.03. The quantitative estimate of drug-likeness (QED) is 0.644. The minimum atomic E-state index is -0.969. The molecule has 116 valence electrons. The van der Waals surface area contributed by atoms with Gasteiger partial charge in [-0.1, -0.05) is 19.1 Å². The Balaban J connectivity index is 2.44. The Kier molecular flexibility index (Phi) is 8.16. The van der Waals surface area contributed by atoms with E-state index in [1.165, 1.54) is 6.08 Å². The summed E-state index contributed by atoms with van der Waals surface area (Å²) >= 11 is 0. The van der Waals surface area contributed by atoms with Crippen LogP contribution < -0.4 is 4.74 Å². The molecule has 5 heteroatoms. The molecule has 2 N–H and O–H groups in total. The topological polar surface area (TPSA) is 70.0 Å². The first-order valence-corrected chi connectivity index (χ1v) is 7.12. The molecule has 0 amide bonds. The number of nitrogens with zero attached hydrogens (tertiary/aromatic N) is 1. The lowest BCUT2D eigenvalue weighted by molar-refractivity contribution is -0.131. The zero-order valence-corrected chi connectivity index (χ0v) is 12.4. The molecular formula is C16H23NO4. The number of aliphatic hydroxyl groups excluding tert-OH is 1. The number of likely N-dealkylation sites (N-methyl/N-ethyl adjacent to an activating group) is 1. The molecule has 0 atom stereocenters. The molecule has 0 aliphatic carbocycles. The van der Waals surface area contributed by atoms with Crippen molar-refractivity contribution >= 4 is 12.0 Å². The number of hydrogen-bond acceptors (Lipinski definition) is 4. The molecule has 1 aromatic carbocycles. The molecular weight excluding hydrogens is 270 g/mol. The van der Waals surface area contributed by atoms with E-state index in [2.05, 4.69) is 11.8 Å². The smallest absolute Gasteiger partial charge is 0.328 e. The van der Waals surface area contributed by atoms with Crippen LogP contribution in [0.4, 0.5) is 0 Å². The van der Waals surface area contributed by atoms with Gasteiger partial charge in [0.1, 0.15) is 12.4 Å². The van der Waals surface area contributed by atoms with E-state index in [-0.39, 0.29) is 6.61 Å². The first kappa shape index (κ1) is 17.2. The van der Waals surface area contributed by atoms with Gasteiger partial charge in [-0.2, -0.15) is 0 Å². The summed E-state index contributed by atoms with van der Waals surface area (Å²) in [6.45, 7) is 5.42. The third-order valence-corrected chi connectivity index (χ3v) is 3.03. The van der Waals surface area contributed by atoms with E-state index in [1.807, 2.05) is 24.3 Å². The summed E-state index contributed by atoms with van der Waals surface area (Å²) < 4.78 is 5.68. The number of benzene rings is 1. The van der Waals surface area contributed by atoms with Crippen LogP contribution >= 0.6 is 0 Å². The molecule has 21 heavy (non-hydrogen) atoms. The summed E-state index contributed by atoms with van der Waals surface area (Å²) in [6, 6.07) is 7.32. The first-order chi connectivity index (χ1) is 10.2. The van der Waals surface area contributed by atoms with Gasteiger partial charge in [-0.3, -0.25) is 0 Å². The molecule has 0 aliphatic rings. The average Bonchev–Trinajstić information content (AvgIpc) is 2.49. The van der Waals surface area contributed by atoms with Crippen molar-refractivity contribution in [2.24, 2.45) is 0 Å². The zero-order chi connectivity index (χ0) is 15.5. The summed E-state index contributed by atoms with van der Waals surface area (Å²) in [5.41, 5.74) is 0.794. The molecule has 0 unspecified atom stereocenters. The van der Waals surface area contributed by atoms with Crippen molar-refractivity contribution in [3.05, 3.63) is 35.9 Å². The lowest BCUT2D eigenvalue weighted by Crippen LogP contribution is -2.29. The Hall–Kier alpha value is -1.85. The van der Waals surface area contributed by atoms with E-state index < -0.39 is 5.97 Å². The number of aliphatic hydroxyl groups is 1. The summed E-state index contributed by atoms with van der Waals surface area (Å²) in [6.07, 6.45) is 3.41. The highest BCUT2D eigenvalue weighted by molar-refractivity contribution is 5.85. The van der Waals surface area contributed by atoms with E-state index in [4.69, 9.17) is 14.9 Å². The average molecular weight is 293 g/mol. The maximum Gasteiger partial charge on any atom is 0.328 e. The first-order valence-electron chi connectivity index (χ1n) is 7.12. The second-order valence-corrected chi connectivity index (χ2v) is 4.60. The monoisotopic (exact) mass is 293 g/mol. The highest BCUT2D eigenvalue weighted by Crippen LogP contribution is 2.14. The second kappa shape index (κ2) is 9.96. The van der Waals surface area contributed by atoms with Gasteiger partial charge in [-0.05, 0) is 36.7 Å². The maximum absolute atomic E-state index is 10.5. The number of rotatable bonds is 10. The molecule has 0 bridgehead atoms. The fourth-order valence-corrected chi connectivity index (χ4v) is 1.89. The molecule has 1 aromatic rings. The predicted octanol–water partition coefficient (Wildman–Crippen LogP) is 1.87. The van der Waals surface area contributed by atoms with Crippen LogP contribution in [0.15, 0.2) is 30.3 Å². The van der Waals surface area contributed by atoms with Crippen LogP contribution in [0.3, 0.4) is 0 Å². The van der Waals surface area contributed by atoms with Crippen molar-refractivity contribution in [1.82, 2.24) is 4.90 Å². The SMILES string of the molecule is CCN(CCCO)CCOc1cccc(/C=C/C(=O)O)c1. The lowest BCUT2D eigenvalue weighted by Gasteiger charge is -2.19. The molecule has 0 spiro atoms. The predicted molar refractivity (Wildman–Crippen MR) is 82.4 cm³/mol. The van der Waals surface area contributed by atoms with E-state index in [9.17, 15) is 4.79 Å². The normalized spacial score (nSPS) is 11.2. The summed E-state index contributed by atoms with van der Waals surface area (Å²) in [5.74, 6) is -0.246. The maximum atomic E-state index is 10.5. The van der Waals surface area contributed by atoms with E-state index in [1.54, 1.807) is 0 Å². The molecule has 0 aliphatic heterocycles. The minimum Gasteiger partial charge on any atom is -0.492 e. The molecule has 0 heterocycles. The number of carbonyl (C=O) groups is 1. The summed E-state index contributed by atoms with van der Waals surface area (Å²) in [4.78, 5) is 12.7. The van der Waals surface area contributed by atoms with E-state index in [0.717, 1.165) is 43.4 Å². The Morgan fingerprint density at radius 1 is 1.38 bits per heavy atom. The molecule has 1 rings (SSSR count). The van der Waals surface area contributed by atoms with Crippen LogP contribution in [0.25, 0.3) is 6.08 Å². The van der Waals surface area contributed by atoms with Gasteiger partial charge < -0.3 is 19.8 Å². The van der Waals surface area contributed by atoms with Gasteiger partial charge in [0.2, 0.25) is 0 Å². The molecule has 0 radical (unpaired) electrons. The van der Waals surface area contributed by atoms with Crippen LogP contribution in [-0.2, 0) is 4.79 Å². The molecule has 0 saturated heterocycles. The number of ether oxygens (including phenoxy) is 1. The third kappa shape index (κ3) is 7.48. The van der Waals surface area contributed by atoms with Crippen molar-refractivity contribution in [2.75, 3.05) is 32.8 Å². The number of hydrogen-bond donors (Lipinski definition) is 2. The van der Waals surface area contributed by atoms with E-state index in [0.29, 0.717) is 6.61 Å². The van der Waals surface area contributed by atoms with Gasteiger partial charge in [-0.25, -0.2) is 4.79 Å². The standard InChI is InChI=1S/C16H23NO4/c1-2-17(9-4-11-18)10-12-21-15-6-3-5-14(13-15)7-8-16(19)20/h3,5-8,13,18H,2,4,9-12H2,1H3,(H,19,20)/b8-7+. The summed E-state index contributed by atoms with van der Waals surface area (Å²) in [7, 11) is 0. The molecule has 0 fully saturated rings. The number of carboxylic acids is 1. The Morgan fingerprint density at radius 2 is 2.19 bits per heavy atom. The van der Waals surface area contributed by atoms with Gasteiger partial charge in [-0.15, -0.1) is 0 Å². The number of aliphatic carboxylic acids is 1. The van der Waals surface area contributed by atoms with Crippen molar-refractivity contribution in [2.45, 2.75) is 13.3 Å². The van der Waals surface area contributed by atoms with Crippen molar-refractivity contribution in [3.8, 4) is 5.75 Å². The van der Waals surface area contributed by atoms with Gasteiger partial charge >= 0.3 is 5.97 Å². The molecule has 0 saturated carbocycles. The fraction of sp³-hybridized carbons (Fsp3) is 0.438. The summed E-state index contributed by atoms with van der Waals surface area (Å²) in [5, 5.41) is 17.4. The van der Waals surface area contributed by atoms with Crippen LogP contribution in [0.1, 0.15) is 18.9 Å². The van der Waals surface area contributed by atoms with Gasteiger partial charge in [0, 0.05) is 25.8 Å². The van der Waals surface area contributed by atoms with Gasteiger partial charge in [0.15, 0.2) is 0 Å². The van der Waals surface area contributed by atoms with Gasteiger partial charge in [0.25, 0.3) is 0 Å². The Bertz CT molecular complexity index is 459. The second-order valence-electron chi connectivity index (χ2n) is 4.60. The zero-order valence-electron chi connectivity index (χ0n) is 12.4. The number of carboxylic acid groups (broad SMARTS) is 1. The van der Waals surface area contributed by atoms with Crippen LogP contribution in [-0.4, -0.2) is 53.9 Å². The minimum absolute atomic E-state index is 0.204.